The molecule has 0 aliphatic carbocycles. The summed E-state index contributed by atoms with van der Waals surface area (Å²) in [6.07, 6.45) is 0. The van der Waals surface area contributed by atoms with E-state index < -0.39 is 17.6 Å². The molecule has 144 valence electrons. The van der Waals surface area contributed by atoms with E-state index in [4.69, 9.17) is 26.3 Å². The molecule has 3 rings (SSSR count). The van der Waals surface area contributed by atoms with Gasteiger partial charge in [-0.2, -0.15) is 0 Å². The summed E-state index contributed by atoms with van der Waals surface area (Å²) < 4.78 is 32.2. The first-order chi connectivity index (χ1) is 13.4. The second-order valence-corrected chi connectivity index (χ2v) is 6.18. The first-order valence-corrected chi connectivity index (χ1v) is 8.42. The molecule has 28 heavy (non-hydrogen) atoms. The third kappa shape index (κ3) is 5.11. The SMILES string of the molecule is O=C(O)c1ccc(ONc2cc(Cl)ccc2OCc2cc(F)cc(F)c2)cc1. The molecule has 0 amide bonds. The van der Waals surface area contributed by atoms with E-state index in [0.29, 0.717) is 27.8 Å². The summed E-state index contributed by atoms with van der Waals surface area (Å²) in [5.74, 6) is -1.72. The van der Waals surface area contributed by atoms with Gasteiger partial charge in [-0.15, -0.1) is 0 Å². The molecule has 0 bridgehead atoms. The van der Waals surface area contributed by atoms with Gasteiger partial charge in [-0.1, -0.05) is 11.6 Å². The average Bonchev–Trinajstić information content (AvgIpc) is 2.65. The van der Waals surface area contributed by atoms with Gasteiger partial charge in [0.1, 0.15) is 29.7 Å². The Bertz CT molecular complexity index is 976. The smallest absolute Gasteiger partial charge is 0.335 e. The van der Waals surface area contributed by atoms with E-state index in [9.17, 15) is 13.6 Å². The summed E-state index contributed by atoms with van der Waals surface area (Å²) in [5.41, 5.74) is 3.50. The number of ether oxygens (including phenoxy) is 1. The number of rotatable bonds is 7. The van der Waals surface area contributed by atoms with Crippen LogP contribution >= 0.6 is 11.6 Å². The molecule has 0 saturated heterocycles. The Morgan fingerprint density at radius 1 is 1.00 bits per heavy atom. The van der Waals surface area contributed by atoms with Crippen molar-refractivity contribution in [2.24, 2.45) is 0 Å². The number of benzene rings is 3. The minimum absolute atomic E-state index is 0.0711. The highest BCUT2D eigenvalue weighted by Crippen LogP contribution is 2.29. The maximum Gasteiger partial charge on any atom is 0.335 e. The van der Waals surface area contributed by atoms with E-state index in [0.717, 1.165) is 6.07 Å². The van der Waals surface area contributed by atoms with Crippen LogP contribution in [0.2, 0.25) is 5.02 Å². The Kier molecular flexibility index (Phi) is 5.96. The molecule has 0 radical (unpaired) electrons. The first-order valence-electron chi connectivity index (χ1n) is 8.04. The molecule has 0 aromatic heterocycles. The van der Waals surface area contributed by atoms with Crippen molar-refractivity contribution in [3.05, 3.63) is 88.4 Å². The van der Waals surface area contributed by atoms with Crippen LogP contribution in [0.15, 0.2) is 60.7 Å². The van der Waals surface area contributed by atoms with E-state index in [1.54, 1.807) is 18.2 Å². The van der Waals surface area contributed by atoms with Crippen molar-refractivity contribution in [3.63, 3.8) is 0 Å². The number of carboxylic acid groups (broad SMARTS) is 1. The van der Waals surface area contributed by atoms with Crippen LogP contribution in [0.1, 0.15) is 15.9 Å². The quantitative estimate of drug-likeness (QED) is 0.522. The summed E-state index contributed by atoms with van der Waals surface area (Å²) in [5, 5.41) is 9.32. The zero-order valence-electron chi connectivity index (χ0n) is 14.3. The highest BCUT2D eigenvalue weighted by Gasteiger charge is 2.09. The molecule has 2 N–H and O–H groups in total. The van der Waals surface area contributed by atoms with Gasteiger partial charge in [-0.25, -0.2) is 19.1 Å². The first kappa shape index (κ1) is 19.4. The largest absolute Gasteiger partial charge is 0.487 e. The molecule has 8 heteroatoms. The van der Waals surface area contributed by atoms with Crippen molar-refractivity contribution in [2.45, 2.75) is 6.61 Å². The van der Waals surface area contributed by atoms with Crippen molar-refractivity contribution in [1.82, 2.24) is 0 Å². The number of carbonyl (C=O) groups is 1. The van der Waals surface area contributed by atoms with Gasteiger partial charge in [0.25, 0.3) is 0 Å². The van der Waals surface area contributed by atoms with Crippen molar-refractivity contribution in [3.8, 4) is 11.5 Å². The van der Waals surface area contributed by atoms with Gasteiger partial charge in [-0.3, -0.25) is 0 Å². The van der Waals surface area contributed by atoms with Gasteiger partial charge in [0.15, 0.2) is 5.75 Å². The highest BCUT2D eigenvalue weighted by atomic mass is 35.5. The number of halogens is 3. The zero-order chi connectivity index (χ0) is 20.1. The lowest BCUT2D eigenvalue weighted by Crippen LogP contribution is -2.07. The molecule has 0 heterocycles. The van der Waals surface area contributed by atoms with Crippen molar-refractivity contribution in [2.75, 3.05) is 5.48 Å². The van der Waals surface area contributed by atoms with Gasteiger partial charge in [0, 0.05) is 11.1 Å². The monoisotopic (exact) mass is 405 g/mol. The molecule has 0 saturated carbocycles. The van der Waals surface area contributed by atoms with Crippen LogP contribution in [0.3, 0.4) is 0 Å². The molecular weight excluding hydrogens is 392 g/mol. The topological polar surface area (TPSA) is 67.8 Å². The maximum atomic E-state index is 13.3. The fraction of sp³-hybridized carbons (Fsp3) is 0.0500. The molecule has 0 spiro atoms. The van der Waals surface area contributed by atoms with Crippen molar-refractivity contribution in [1.29, 1.82) is 0 Å². The molecular formula is C20H14ClF2NO4. The third-order valence-corrected chi connectivity index (χ3v) is 3.87. The number of aromatic carboxylic acids is 1. The number of nitrogens with one attached hydrogen (secondary N) is 1. The fourth-order valence-corrected chi connectivity index (χ4v) is 2.51. The third-order valence-electron chi connectivity index (χ3n) is 3.64. The van der Waals surface area contributed by atoms with Crippen molar-refractivity contribution >= 4 is 23.3 Å². The van der Waals surface area contributed by atoms with Crippen LogP contribution in [0.25, 0.3) is 0 Å². The van der Waals surface area contributed by atoms with Crippen LogP contribution in [-0.4, -0.2) is 11.1 Å². The maximum absolute atomic E-state index is 13.3. The van der Waals surface area contributed by atoms with Crippen LogP contribution in [-0.2, 0) is 6.61 Å². The van der Waals surface area contributed by atoms with Gasteiger partial charge < -0.3 is 14.7 Å². The summed E-state index contributed by atoms with van der Waals surface area (Å²) in [7, 11) is 0. The molecule has 0 fully saturated rings. The minimum atomic E-state index is -1.04. The number of hydrogen-bond donors (Lipinski definition) is 2. The number of carboxylic acids is 1. The fourth-order valence-electron chi connectivity index (χ4n) is 2.34. The standard InChI is InChI=1S/C20H14ClF2NO4/c21-14-3-6-19(27-11-12-7-15(22)10-16(23)8-12)18(9-14)24-28-17-4-1-13(2-5-17)20(25)26/h1-10,24H,11H2,(H,25,26). The van der Waals surface area contributed by atoms with E-state index in [-0.39, 0.29) is 12.2 Å². The zero-order valence-corrected chi connectivity index (χ0v) is 15.0. The summed E-state index contributed by atoms with van der Waals surface area (Å²) in [6, 6.07) is 13.6. The molecule has 3 aromatic rings. The minimum Gasteiger partial charge on any atom is -0.487 e. The number of hydrogen-bond acceptors (Lipinski definition) is 4. The van der Waals surface area contributed by atoms with E-state index >= 15 is 0 Å². The van der Waals surface area contributed by atoms with Crippen molar-refractivity contribution < 1.29 is 28.3 Å². The predicted octanol–water partition coefficient (Wildman–Crippen LogP) is 5.30. The molecule has 0 aliphatic heterocycles. The highest BCUT2D eigenvalue weighted by molar-refractivity contribution is 6.30. The van der Waals surface area contributed by atoms with Crippen LogP contribution in [0, 0.1) is 11.6 Å². The van der Waals surface area contributed by atoms with Gasteiger partial charge in [0.2, 0.25) is 0 Å². The molecule has 0 atom stereocenters. The second kappa shape index (κ2) is 8.58. The second-order valence-electron chi connectivity index (χ2n) is 5.74. The predicted molar refractivity (Wildman–Crippen MR) is 99.8 cm³/mol. The lowest BCUT2D eigenvalue weighted by atomic mass is 10.2. The van der Waals surface area contributed by atoms with Crippen LogP contribution in [0.5, 0.6) is 11.5 Å². The van der Waals surface area contributed by atoms with E-state index in [1.807, 2.05) is 0 Å². The Morgan fingerprint density at radius 2 is 1.68 bits per heavy atom. The van der Waals surface area contributed by atoms with Crippen LogP contribution in [0.4, 0.5) is 14.5 Å². The average molecular weight is 406 g/mol. The molecule has 0 aliphatic rings. The van der Waals surface area contributed by atoms with E-state index in [2.05, 4.69) is 5.48 Å². The lowest BCUT2D eigenvalue weighted by Gasteiger charge is -2.14. The Hall–Kier alpha value is -3.32. The normalized spacial score (nSPS) is 10.4. The Morgan fingerprint density at radius 3 is 2.32 bits per heavy atom. The van der Waals surface area contributed by atoms with E-state index in [1.165, 1.54) is 36.4 Å². The lowest BCUT2D eigenvalue weighted by molar-refractivity contribution is 0.0697. The summed E-state index contributed by atoms with van der Waals surface area (Å²) in [6.45, 7) is -0.0711. The number of anilines is 1. The van der Waals surface area contributed by atoms with Crippen LogP contribution < -0.4 is 15.1 Å². The molecule has 5 nitrogen and oxygen atoms in total. The molecule has 0 unspecified atom stereocenters. The Balaban J connectivity index is 1.70. The summed E-state index contributed by atoms with van der Waals surface area (Å²) >= 11 is 6.00. The van der Waals surface area contributed by atoms with Gasteiger partial charge in [0.05, 0.1) is 5.56 Å². The molecule has 3 aromatic carbocycles. The summed E-state index contributed by atoms with van der Waals surface area (Å²) in [4.78, 5) is 16.3. The van der Waals surface area contributed by atoms with Gasteiger partial charge in [-0.05, 0) is 60.2 Å². The Labute approximate surface area is 164 Å². The van der Waals surface area contributed by atoms with Gasteiger partial charge >= 0.3 is 5.97 Å².